The maximum absolute atomic E-state index is 11.0. The molecule has 0 amide bonds. The van der Waals surface area contributed by atoms with Gasteiger partial charge in [0.25, 0.3) is 0 Å². The van der Waals surface area contributed by atoms with Crippen molar-refractivity contribution in [1.29, 1.82) is 0 Å². The van der Waals surface area contributed by atoms with Crippen molar-refractivity contribution in [3.8, 4) is 0 Å². The van der Waals surface area contributed by atoms with Crippen LogP contribution in [-0.2, 0) is 9.53 Å². The summed E-state index contributed by atoms with van der Waals surface area (Å²) >= 11 is 0. The summed E-state index contributed by atoms with van der Waals surface area (Å²) in [6.45, 7) is 1.60. The second-order valence-electron chi connectivity index (χ2n) is 2.94. The first-order valence-corrected chi connectivity index (χ1v) is 3.78. The van der Waals surface area contributed by atoms with Crippen LogP contribution in [0.4, 0.5) is 0 Å². The van der Waals surface area contributed by atoms with Crippen molar-refractivity contribution in [2.45, 2.75) is 18.9 Å². The summed E-state index contributed by atoms with van der Waals surface area (Å²) in [7, 11) is 0. The minimum Gasteiger partial charge on any atom is -0.465 e. The van der Waals surface area contributed by atoms with Crippen LogP contribution in [-0.4, -0.2) is 25.2 Å². The van der Waals surface area contributed by atoms with Crippen LogP contribution in [0, 0.1) is 5.92 Å². The van der Waals surface area contributed by atoms with Gasteiger partial charge in [0.15, 0.2) is 0 Å². The highest BCUT2D eigenvalue weighted by atomic mass is 16.5. The van der Waals surface area contributed by atoms with Crippen LogP contribution in [0.3, 0.4) is 0 Å². The number of carbonyl (C=O) groups is 1. The number of cyclic esters (lactones) is 1. The molecule has 2 saturated heterocycles. The number of rotatable bonds is 0. The van der Waals surface area contributed by atoms with E-state index < -0.39 is 0 Å². The van der Waals surface area contributed by atoms with Crippen LogP contribution < -0.4 is 5.32 Å². The molecule has 0 aromatic carbocycles. The summed E-state index contributed by atoms with van der Waals surface area (Å²) in [5, 5.41) is 3.13. The van der Waals surface area contributed by atoms with E-state index in [2.05, 4.69) is 5.32 Å². The zero-order chi connectivity index (χ0) is 6.97. The average Bonchev–Trinajstić information content (AvgIpc) is 2.36. The van der Waals surface area contributed by atoms with Gasteiger partial charge in [-0.25, -0.2) is 0 Å². The molecular formula is C7H11NO2. The van der Waals surface area contributed by atoms with Crippen LogP contribution in [0.2, 0.25) is 0 Å². The highest BCUT2D eigenvalue weighted by molar-refractivity contribution is 5.77. The van der Waals surface area contributed by atoms with Crippen molar-refractivity contribution in [2.75, 3.05) is 13.2 Å². The van der Waals surface area contributed by atoms with E-state index in [9.17, 15) is 4.79 Å². The fraction of sp³-hybridized carbons (Fsp3) is 0.857. The molecule has 56 valence electrons. The lowest BCUT2D eigenvalue weighted by atomic mass is 9.96. The minimum absolute atomic E-state index is 0.0220. The highest BCUT2D eigenvalue weighted by Gasteiger charge is 2.36. The van der Waals surface area contributed by atoms with E-state index in [4.69, 9.17) is 4.74 Å². The number of carbonyl (C=O) groups excluding carboxylic acids is 1. The van der Waals surface area contributed by atoms with Gasteiger partial charge in [-0.2, -0.15) is 0 Å². The minimum atomic E-state index is -0.0475. The summed E-state index contributed by atoms with van der Waals surface area (Å²) < 4.78 is 4.89. The maximum atomic E-state index is 11.0. The van der Waals surface area contributed by atoms with Gasteiger partial charge in [0.05, 0.1) is 6.61 Å². The lowest BCUT2D eigenvalue weighted by Gasteiger charge is -2.23. The Labute approximate surface area is 59.7 Å². The third-order valence-corrected chi connectivity index (χ3v) is 2.34. The molecular weight excluding hydrogens is 130 g/mol. The van der Waals surface area contributed by atoms with E-state index in [-0.39, 0.29) is 12.0 Å². The van der Waals surface area contributed by atoms with Gasteiger partial charge in [-0.15, -0.1) is 0 Å². The Morgan fingerprint density at radius 2 is 2.40 bits per heavy atom. The molecule has 0 aromatic rings. The number of fused-ring (bicyclic) bond motifs is 1. The van der Waals surface area contributed by atoms with Crippen molar-refractivity contribution in [2.24, 2.45) is 5.92 Å². The van der Waals surface area contributed by atoms with Crippen LogP contribution in [0.15, 0.2) is 0 Å². The van der Waals surface area contributed by atoms with E-state index in [1.165, 1.54) is 0 Å². The molecule has 2 aliphatic heterocycles. The predicted octanol–water partition coefficient (Wildman–Crippen LogP) is -0.0886. The molecule has 3 nitrogen and oxygen atoms in total. The maximum Gasteiger partial charge on any atom is 0.323 e. The molecule has 0 bridgehead atoms. The Hall–Kier alpha value is -0.570. The summed E-state index contributed by atoms with van der Waals surface area (Å²) in [6, 6.07) is 0.0220. The van der Waals surface area contributed by atoms with Crippen molar-refractivity contribution >= 4 is 5.97 Å². The molecule has 0 saturated carbocycles. The Kier molecular flexibility index (Phi) is 1.38. The molecule has 2 heterocycles. The number of esters is 1. The monoisotopic (exact) mass is 141 g/mol. The van der Waals surface area contributed by atoms with E-state index >= 15 is 0 Å². The van der Waals surface area contributed by atoms with E-state index in [0.717, 1.165) is 19.4 Å². The normalized spacial score (nSPS) is 39.0. The Morgan fingerprint density at radius 3 is 3.20 bits per heavy atom. The molecule has 2 atom stereocenters. The average molecular weight is 141 g/mol. The third-order valence-electron chi connectivity index (χ3n) is 2.34. The molecule has 0 radical (unpaired) electrons. The van der Waals surface area contributed by atoms with Crippen molar-refractivity contribution in [3.05, 3.63) is 0 Å². The van der Waals surface area contributed by atoms with Gasteiger partial charge in [-0.05, 0) is 25.3 Å². The summed E-state index contributed by atoms with van der Waals surface area (Å²) in [6.07, 6.45) is 2.18. The lowest BCUT2D eigenvalue weighted by molar-refractivity contribution is -0.151. The second-order valence-corrected chi connectivity index (χ2v) is 2.94. The van der Waals surface area contributed by atoms with Gasteiger partial charge in [-0.3, -0.25) is 4.79 Å². The van der Waals surface area contributed by atoms with Crippen molar-refractivity contribution < 1.29 is 9.53 Å². The fourth-order valence-electron chi connectivity index (χ4n) is 1.75. The fourth-order valence-corrected chi connectivity index (χ4v) is 1.75. The predicted molar refractivity (Wildman–Crippen MR) is 35.5 cm³/mol. The van der Waals surface area contributed by atoms with Crippen LogP contribution in [0.5, 0.6) is 0 Å². The van der Waals surface area contributed by atoms with Gasteiger partial charge in [0, 0.05) is 0 Å². The third kappa shape index (κ3) is 0.814. The highest BCUT2D eigenvalue weighted by Crippen LogP contribution is 2.23. The largest absolute Gasteiger partial charge is 0.465 e. The van der Waals surface area contributed by atoms with Crippen molar-refractivity contribution in [1.82, 2.24) is 5.32 Å². The van der Waals surface area contributed by atoms with Gasteiger partial charge in [0.1, 0.15) is 6.04 Å². The number of nitrogens with one attached hydrogen (secondary N) is 1. The molecule has 2 rings (SSSR count). The second kappa shape index (κ2) is 2.23. The summed E-state index contributed by atoms with van der Waals surface area (Å²) in [5.74, 6) is 0.509. The number of ether oxygens (including phenoxy) is 1. The van der Waals surface area contributed by atoms with Gasteiger partial charge in [0.2, 0.25) is 0 Å². The van der Waals surface area contributed by atoms with Gasteiger partial charge in [-0.1, -0.05) is 0 Å². The Bertz CT molecular complexity index is 158. The first-order chi connectivity index (χ1) is 4.88. The molecule has 0 aliphatic carbocycles. The van der Waals surface area contributed by atoms with Crippen LogP contribution in [0.25, 0.3) is 0 Å². The zero-order valence-corrected chi connectivity index (χ0v) is 5.80. The molecule has 3 heteroatoms. The van der Waals surface area contributed by atoms with E-state index in [1.54, 1.807) is 0 Å². The number of hydrogen-bond acceptors (Lipinski definition) is 3. The Morgan fingerprint density at radius 1 is 1.50 bits per heavy atom. The molecule has 2 aliphatic rings. The molecule has 10 heavy (non-hydrogen) atoms. The van der Waals surface area contributed by atoms with Crippen LogP contribution in [0.1, 0.15) is 12.8 Å². The smallest absolute Gasteiger partial charge is 0.323 e. The molecule has 0 aromatic heterocycles. The van der Waals surface area contributed by atoms with Crippen LogP contribution >= 0.6 is 0 Å². The van der Waals surface area contributed by atoms with E-state index in [0.29, 0.717) is 12.5 Å². The first-order valence-electron chi connectivity index (χ1n) is 3.78. The SMILES string of the molecule is O=C1OCC[C@H]2CCN[C@@H]12. The molecule has 0 spiro atoms. The first kappa shape index (κ1) is 6.16. The van der Waals surface area contributed by atoms with E-state index in [1.807, 2.05) is 0 Å². The standard InChI is InChI=1S/C7H11NO2/c9-7-6-5(1-3-8-6)2-4-10-7/h5-6,8H,1-4H2/t5-,6-/m1/s1. The van der Waals surface area contributed by atoms with Gasteiger partial charge >= 0.3 is 5.97 Å². The molecule has 2 fully saturated rings. The lowest BCUT2D eigenvalue weighted by Crippen LogP contribution is -2.41. The molecule has 0 unspecified atom stereocenters. The summed E-state index contributed by atoms with van der Waals surface area (Å²) in [5.41, 5.74) is 0. The van der Waals surface area contributed by atoms with Gasteiger partial charge < -0.3 is 10.1 Å². The topological polar surface area (TPSA) is 38.3 Å². The zero-order valence-electron chi connectivity index (χ0n) is 5.80. The quantitative estimate of drug-likeness (QED) is 0.479. The molecule has 1 N–H and O–H groups in total. The van der Waals surface area contributed by atoms with Crippen molar-refractivity contribution in [3.63, 3.8) is 0 Å². The Balaban J connectivity index is 2.10. The summed E-state index contributed by atoms with van der Waals surface area (Å²) in [4.78, 5) is 11.0. The number of hydrogen-bond donors (Lipinski definition) is 1.